The zero-order valence-electron chi connectivity index (χ0n) is 11.0. The van der Waals surface area contributed by atoms with Gasteiger partial charge in [-0.15, -0.1) is 0 Å². The molecule has 0 aliphatic carbocycles. The summed E-state index contributed by atoms with van der Waals surface area (Å²) in [6.45, 7) is 7.98. The van der Waals surface area contributed by atoms with Crippen LogP contribution in [0.15, 0.2) is 4.47 Å². The number of likely N-dealkylation sites (tertiary alicyclic amines) is 1. The maximum Gasteiger partial charge on any atom is 0.0767 e. The van der Waals surface area contributed by atoms with Gasteiger partial charge in [0.2, 0.25) is 0 Å². The lowest BCUT2D eigenvalue weighted by Gasteiger charge is -2.30. The van der Waals surface area contributed by atoms with Gasteiger partial charge < -0.3 is 0 Å². The molecule has 1 aromatic rings. The molecule has 1 fully saturated rings. The van der Waals surface area contributed by atoms with Crippen LogP contribution in [-0.4, -0.2) is 27.8 Å². The summed E-state index contributed by atoms with van der Waals surface area (Å²) in [5.41, 5.74) is 2.49. The standard InChI is InChI=1S/C13H22BrN3/c1-4-11-13(14)12(16(3)15-11)9-17-7-5-10(2)6-8-17/h10H,4-9H2,1-3H3. The monoisotopic (exact) mass is 299 g/mol. The summed E-state index contributed by atoms with van der Waals surface area (Å²) in [5, 5.41) is 4.55. The van der Waals surface area contributed by atoms with Crippen molar-refractivity contribution < 1.29 is 0 Å². The number of nitrogens with zero attached hydrogens (tertiary/aromatic N) is 3. The van der Waals surface area contributed by atoms with Crippen molar-refractivity contribution in [2.75, 3.05) is 13.1 Å². The van der Waals surface area contributed by atoms with Crippen molar-refractivity contribution in [3.05, 3.63) is 15.9 Å². The third kappa shape index (κ3) is 2.91. The number of halogens is 1. The second-order valence-electron chi connectivity index (χ2n) is 5.14. The van der Waals surface area contributed by atoms with E-state index in [1.165, 1.54) is 41.8 Å². The van der Waals surface area contributed by atoms with Crippen molar-refractivity contribution in [1.29, 1.82) is 0 Å². The molecule has 1 aliphatic rings. The Kier molecular flexibility index (Phi) is 4.26. The van der Waals surface area contributed by atoms with E-state index in [4.69, 9.17) is 0 Å². The Labute approximate surface area is 112 Å². The highest BCUT2D eigenvalue weighted by Crippen LogP contribution is 2.25. The van der Waals surface area contributed by atoms with Gasteiger partial charge in [0.1, 0.15) is 0 Å². The Hall–Kier alpha value is -0.350. The van der Waals surface area contributed by atoms with Crippen LogP contribution in [0.1, 0.15) is 38.1 Å². The summed E-state index contributed by atoms with van der Waals surface area (Å²) >= 11 is 3.69. The molecule has 0 radical (unpaired) electrons. The first-order valence-corrected chi connectivity index (χ1v) is 7.33. The first kappa shape index (κ1) is 13.1. The Morgan fingerprint density at radius 1 is 1.35 bits per heavy atom. The lowest BCUT2D eigenvalue weighted by atomic mass is 9.99. The molecule has 96 valence electrons. The van der Waals surface area contributed by atoms with Crippen molar-refractivity contribution in [2.45, 2.75) is 39.7 Å². The van der Waals surface area contributed by atoms with E-state index in [9.17, 15) is 0 Å². The van der Waals surface area contributed by atoms with Crippen molar-refractivity contribution in [3.63, 3.8) is 0 Å². The van der Waals surface area contributed by atoms with E-state index in [2.05, 4.69) is 39.8 Å². The molecule has 4 heteroatoms. The number of hydrogen-bond donors (Lipinski definition) is 0. The van der Waals surface area contributed by atoms with Crippen LogP contribution in [0.2, 0.25) is 0 Å². The van der Waals surface area contributed by atoms with Gasteiger partial charge in [-0.3, -0.25) is 9.58 Å². The van der Waals surface area contributed by atoms with Crippen LogP contribution >= 0.6 is 15.9 Å². The third-order valence-corrected chi connectivity index (χ3v) is 4.67. The fourth-order valence-corrected chi connectivity index (χ4v) is 3.17. The zero-order chi connectivity index (χ0) is 12.4. The van der Waals surface area contributed by atoms with Crippen molar-refractivity contribution in [1.82, 2.24) is 14.7 Å². The molecule has 0 saturated carbocycles. The molecule has 1 aromatic heterocycles. The van der Waals surface area contributed by atoms with Crippen LogP contribution in [0, 0.1) is 5.92 Å². The van der Waals surface area contributed by atoms with Gasteiger partial charge in [0, 0.05) is 13.6 Å². The van der Waals surface area contributed by atoms with Crippen molar-refractivity contribution in [3.8, 4) is 0 Å². The molecular weight excluding hydrogens is 278 g/mol. The quantitative estimate of drug-likeness (QED) is 0.855. The van der Waals surface area contributed by atoms with E-state index in [1.807, 2.05) is 11.7 Å². The van der Waals surface area contributed by atoms with E-state index >= 15 is 0 Å². The maximum atomic E-state index is 4.55. The average molecular weight is 300 g/mol. The molecule has 0 spiro atoms. The second-order valence-corrected chi connectivity index (χ2v) is 5.94. The Morgan fingerprint density at radius 2 is 2.00 bits per heavy atom. The van der Waals surface area contributed by atoms with Crippen LogP contribution in [0.25, 0.3) is 0 Å². The van der Waals surface area contributed by atoms with Gasteiger partial charge in [-0.25, -0.2) is 0 Å². The minimum atomic E-state index is 0.896. The molecule has 0 N–H and O–H groups in total. The second kappa shape index (κ2) is 5.53. The minimum absolute atomic E-state index is 0.896. The van der Waals surface area contributed by atoms with Gasteiger partial charge in [0.25, 0.3) is 0 Å². The predicted molar refractivity (Wildman–Crippen MR) is 74.0 cm³/mol. The zero-order valence-corrected chi connectivity index (χ0v) is 12.6. The van der Waals surface area contributed by atoms with Gasteiger partial charge in [0.05, 0.1) is 15.9 Å². The van der Waals surface area contributed by atoms with Gasteiger partial charge >= 0.3 is 0 Å². The average Bonchev–Trinajstić information content (AvgIpc) is 2.59. The molecule has 1 saturated heterocycles. The predicted octanol–water partition coefficient (Wildman–Crippen LogP) is 2.98. The largest absolute Gasteiger partial charge is 0.297 e. The fraction of sp³-hybridized carbons (Fsp3) is 0.769. The highest BCUT2D eigenvalue weighted by molar-refractivity contribution is 9.10. The Morgan fingerprint density at radius 3 is 2.53 bits per heavy atom. The van der Waals surface area contributed by atoms with Gasteiger partial charge in [-0.05, 0) is 54.2 Å². The van der Waals surface area contributed by atoms with E-state index < -0.39 is 0 Å². The normalized spacial score (nSPS) is 18.8. The SMILES string of the molecule is CCc1nn(C)c(CN2CCC(C)CC2)c1Br. The minimum Gasteiger partial charge on any atom is -0.297 e. The van der Waals surface area contributed by atoms with Crippen molar-refractivity contribution in [2.24, 2.45) is 13.0 Å². The fourth-order valence-electron chi connectivity index (χ4n) is 2.42. The highest BCUT2D eigenvalue weighted by Gasteiger charge is 2.19. The van der Waals surface area contributed by atoms with Crippen LogP contribution in [0.5, 0.6) is 0 Å². The number of rotatable bonds is 3. The summed E-state index contributed by atoms with van der Waals surface area (Å²) in [4.78, 5) is 2.54. The van der Waals surface area contributed by atoms with Gasteiger partial charge in [0.15, 0.2) is 0 Å². The third-order valence-electron chi connectivity index (χ3n) is 3.75. The van der Waals surface area contributed by atoms with Gasteiger partial charge in [-0.1, -0.05) is 13.8 Å². The molecule has 17 heavy (non-hydrogen) atoms. The number of hydrogen-bond acceptors (Lipinski definition) is 2. The molecule has 2 heterocycles. The highest BCUT2D eigenvalue weighted by atomic mass is 79.9. The number of aromatic nitrogens is 2. The molecule has 2 rings (SSSR count). The topological polar surface area (TPSA) is 21.1 Å². The van der Waals surface area contributed by atoms with E-state index in [-0.39, 0.29) is 0 Å². The van der Waals surface area contributed by atoms with Gasteiger partial charge in [-0.2, -0.15) is 5.10 Å². The molecule has 0 amide bonds. The molecule has 0 bridgehead atoms. The summed E-state index contributed by atoms with van der Waals surface area (Å²) in [6, 6.07) is 0. The molecule has 1 aliphatic heterocycles. The maximum absolute atomic E-state index is 4.55. The van der Waals surface area contributed by atoms with Crippen LogP contribution < -0.4 is 0 Å². The summed E-state index contributed by atoms with van der Waals surface area (Å²) in [7, 11) is 2.05. The Bertz CT molecular complexity index is 378. The molecule has 0 aromatic carbocycles. The lowest BCUT2D eigenvalue weighted by molar-refractivity contribution is 0.181. The van der Waals surface area contributed by atoms with E-state index in [1.54, 1.807) is 0 Å². The first-order valence-electron chi connectivity index (χ1n) is 6.54. The first-order chi connectivity index (χ1) is 8.11. The molecular formula is C13H22BrN3. The van der Waals surface area contributed by atoms with Crippen molar-refractivity contribution >= 4 is 15.9 Å². The molecule has 3 nitrogen and oxygen atoms in total. The van der Waals surface area contributed by atoms with Crippen LogP contribution in [0.4, 0.5) is 0 Å². The summed E-state index contributed by atoms with van der Waals surface area (Å²) < 4.78 is 3.24. The molecule has 0 atom stereocenters. The van der Waals surface area contributed by atoms with E-state index in [0.717, 1.165) is 18.9 Å². The number of piperidine rings is 1. The number of aryl methyl sites for hydroxylation is 2. The van der Waals surface area contributed by atoms with E-state index in [0.29, 0.717) is 0 Å². The lowest BCUT2D eigenvalue weighted by Crippen LogP contribution is -2.33. The molecule has 0 unspecified atom stereocenters. The van der Waals surface area contributed by atoms with Crippen LogP contribution in [0.3, 0.4) is 0 Å². The smallest absolute Gasteiger partial charge is 0.0767 e. The summed E-state index contributed by atoms with van der Waals surface area (Å²) in [6.07, 6.45) is 3.65. The van der Waals surface area contributed by atoms with Crippen LogP contribution in [-0.2, 0) is 20.0 Å². The Balaban J connectivity index is 2.05. The summed E-state index contributed by atoms with van der Waals surface area (Å²) in [5.74, 6) is 0.896.